The average molecular weight is 672 g/mol. The van der Waals surface area contributed by atoms with E-state index in [1.807, 2.05) is 42.2 Å². The molecule has 2 aliphatic heterocycles. The molecule has 2 amide bonds. The first-order valence-electron chi connectivity index (χ1n) is 14.4. The number of thioether (sulfide) groups is 1. The Balaban J connectivity index is 1.37. The third-order valence-electron chi connectivity index (χ3n) is 7.67. The second kappa shape index (κ2) is 13.1. The van der Waals surface area contributed by atoms with E-state index in [0.29, 0.717) is 16.2 Å². The summed E-state index contributed by atoms with van der Waals surface area (Å²) in [5.74, 6) is -3.68. The molecule has 3 aromatic rings. The number of pyridine rings is 1. The van der Waals surface area contributed by atoms with E-state index in [4.69, 9.17) is 10.6 Å². The first-order chi connectivity index (χ1) is 21.8. The topological polar surface area (TPSA) is 205 Å². The van der Waals surface area contributed by atoms with Crippen LogP contribution in [0.2, 0.25) is 0 Å². The van der Waals surface area contributed by atoms with Gasteiger partial charge in [-0.15, -0.1) is 23.1 Å². The highest BCUT2D eigenvalue weighted by Crippen LogP contribution is 2.40. The number of carboxylic acids is 2. The number of fused-ring (bicyclic) bond motifs is 2. The van der Waals surface area contributed by atoms with E-state index in [2.05, 4.69) is 25.3 Å². The van der Waals surface area contributed by atoms with Crippen LogP contribution in [0.3, 0.4) is 0 Å². The van der Waals surface area contributed by atoms with E-state index in [1.165, 1.54) is 30.5 Å². The lowest BCUT2D eigenvalue weighted by Gasteiger charge is -2.49. The van der Waals surface area contributed by atoms with Crippen molar-refractivity contribution in [3.8, 4) is 0 Å². The van der Waals surface area contributed by atoms with Crippen LogP contribution in [0.1, 0.15) is 30.8 Å². The Hall–Kier alpha value is -4.48. The minimum absolute atomic E-state index is 0.0802. The van der Waals surface area contributed by atoms with Gasteiger partial charge < -0.3 is 36.0 Å². The third-order valence-corrected chi connectivity index (χ3v) is 9.81. The first-order valence-corrected chi connectivity index (χ1v) is 16.3. The van der Waals surface area contributed by atoms with Crippen molar-refractivity contribution < 1.29 is 38.8 Å². The quantitative estimate of drug-likeness (QED) is 0.0568. The molecule has 3 aromatic heterocycles. The van der Waals surface area contributed by atoms with Crippen LogP contribution in [0.4, 0.5) is 5.13 Å². The van der Waals surface area contributed by atoms with E-state index >= 15 is 0 Å². The molecule has 5 heterocycles. The van der Waals surface area contributed by atoms with Crippen molar-refractivity contribution in [1.29, 1.82) is 0 Å². The Labute approximate surface area is 272 Å². The van der Waals surface area contributed by atoms with Crippen LogP contribution in [0.15, 0.2) is 47.0 Å². The molecule has 46 heavy (non-hydrogen) atoms. The summed E-state index contributed by atoms with van der Waals surface area (Å²) in [7, 11) is 1.91. The van der Waals surface area contributed by atoms with Crippen LogP contribution in [0, 0.1) is 6.92 Å². The van der Waals surface area contributed by atoms with Crippen molar-refractivity contribution in [3.05, 3.63) is 52.4 Å². The van der Waals surface area contributed by atoms with Gasteiger partial charge in [-0.2, -0.15) is 4.57 Å². The van der Waals surface area contributed by atoms with Crippen LogP contribution in [0.25, 0.3) is 11.0 Å². The van der Waals surface area contributed by atoms with Crippen LogP contribution in [-0.2, 0) is 37.1 Å². The zero-order valence-corrected chi connectivity index (χ0v) is 27.3. The second-order valence-corrected chi connectivity index (χ2v) is 13.6. The molecule has 1 saturated heterocycles. The van der Waals surface area contributed by atoms with Gasteiger partial charge in [-0.3, -0.25) is 14.5 Å². The zero-order valence-electron chi connectivity index (χ0n) is 25.6. The number of aromatic nitrogens is 3. The molecule has 0 bridgehead atoms. The molecule has 2 atom stereocenters. The number of nitrogens with two attached hydrogens (primary N) is 1. The molecule has 0 aromatic carbocycles. The van der Waals surface area contributed by atoms with Gasteiger partial charge in [-0.1, -0.05) is 5.16 Å². The standard InChI is InChI=1S/C29H34N8O7S2/c1-15-19(33-28(30)46-15)20(34-44-29(2,3)27(42)43)23(38)32-21-24(39)37-22(26(40)41)16(14-45-25(21)37)13-36-10-5-7-17-18(36)8-12-35(17)11-6-9-31-4/h5,7-8,10,12,21,25,31H,6,9,11,13-14H2,1-4H3,(H4-,30,32,33,38,40,41,42,43)/p+1/b34-20-. The highest BCUT2D eigenvalue weighted by molar-refractivity contribution is 8.00. The molecule has 6 N–H and O–H groups in total. The number of carbonyl (C=O) groups excluding carboxylic acids is 2. The van der Waals surface area contributed by atoms with Crippen LogP contribution in [0.5, 0.6) is 0 Å². The van der Waals surface area contributed by atoms with E-state index in [1.54, 1.807) is 6.92 Å². The summed E-state index contributed by atoms with van der Waals surface area (Å²) in [6, 6.07) is 4.86. The average Bonchev–Trinajstić information content (AvgIpc) is 3.57. The molecule has 15 nitrogen and oxygen atoms in total. The van der Waals surface area contributed by atoms with Gasteiger partial charge in [0.25, 0.3) is 11.8 Å². The summed E-state index contributed by atoms with van der Waals surface area (Å²) in [5, 5.41) is 28.7. The molecule has 0 saturated carbocycles. The van der Waals surface area contributed by atoms with Crippen molar-refractivity contribution >= 4 is 68.7 Å². The molecule has 5 rings (SSSR count). The molecule has 1 fully saturated rings. The number of anilines is 1. The SMILES string of the molecule is CNCCCn1ccc2c1ccc[n+]2CC1=C(C(=O)O)N2C(=O)C(NC(=O)/C(=N\OC(C)(C)C(=O)O)c3nc(N)sc3C)C2SC1. The predicted octanol–water partition coefficient (Wildman–Crippen LogP) is 0.908. The number of aliphatic carboxylic acids is 2. The number of aryl methyl sites for hydroxylation is 2. The van der Waals surface area contributed by atoms with Gasteiger partial charge in [-0.25, -0.2) is 14.6 Å². The number of nitrogen functional groups attached to an aromatic ring is 1. The van der Waals surface area contributed by atoms with Gasteiger partial charge in [0.2, 0.25) is 11.1 Å². The smallest absolute Gasteiger partial charge is 0.352 e. The molecule has 0 aliphatic carbocycles. The summed E-state index contributed by atoms with van der Waals surface area (Å²) in [6.07, 6.45) is 4.84. The maximum Gasteiger partial charge on any atom is 0.352 e. The number of amides is 2. The Bertz CT molecular complexity index is 1780. The van der Waals surface area contributed by atoms with Crippen LogP contribution < -0.4 is 20.9 Å². The monoisotopic (exact) mass is 671 g/mol. The lowest BCUT2D eigenvalue weighted by molar-refractivity contribution is -0.663. The van der Waals surface area contributed by atoms with Crippen molar-refractivity contribution in [2.75, 3.05) is 25.1 Å². The fourth-order valence-corrected chi connectivity index (χ4v) is 7.25. The molecule has 2 aliphatic rings. The highest BCUT2D eigenvalue weighted by Gasteiger charge is 2.55. The van der Waals surface area contributed by atoms with Crippen LogP contribution in [-0.4, -0.2) is 90.5 Å². The maximum absolute atomic E-state index is 13.5. The summed E-state index contributed by atoms with van der Waals surface area (Å²) < 4.78 is 4.12. The number of β-lactam (4-membered cyclic amide) rings is 1. The molecular formula is C29H35N8O7S2+. The lowest BCUT2D eigenvalue weighted by Crippen LogP contribution is -2.71. The zero-order chi connectivity index (χ0) is 33.3. The van der Waals surface area contributed by atoms with Gasteiger partial charge in [0.1, 0.15) is 28.3 Å². The number of rotatable bonds is 13. The number of nitrogens with one attached hydrogen (secondary N) is 2. The lowest BCUT2D eigenvalue weighted by atomic mass is 10.0. The fourth-order valence-electron chi connectivity index (χ4n) is 5.22. The number of hydrogen-bond donors (Lipinski definition) is 5. The Morgan fingerprint density at radius 1 is 1.28 bits per heavy atom. The van der Waals surface area contributed by atoms with Crippen molar-refractivity contribution in [3.63, 3.8) is 0 Å². The summed E-state index contributed by atoms with van der Waals surface area (Å²) in [5.41, 5.74) is 6.19. The Morgan fingerprint density at radius 3 is 2.70 bits per heavy atom. The van der Waals surface area contributed by atoms with Crippen LogP contribution >= 0.6 is 23.1 Å². The predicted molar refractivity (Wildman–Crippen MR) is 171 cm³/mol. The van der Waals surface area contributed by atoms with Gasteiger partial charge in [0.15, 0.2) is 23.6 Å². The van der Waals surface area contributed by atoms with Gasteiger partial charge >= 0.3 is 11.9 Å². The second-order valence-electron chi connectivity index (χ2n) is 11.3. The van der Waals surface area contributed by atoms with Gasteiger partial charge in [-0.05, 0) is 46.9 Å². The first kappa shape index (κ1) is 32.9. The van der Waals surface area contributed by atoms with E-state index in [-0.39, 0.29) is 28.8 Å². The molecule has 244 valence electrons. The molecule has 0 spiro atoms. The fraction of sp³-hybridized carbons (Fsp3) is 0.414. The van der Waals surface area contributed by atoms with Crippen molar-refractivity contribution in [2.24, 2.45) is 5.16 Å². The third kappa shape index (κ3) is 6.29. The number of carbonyl (C=O) groups is 4. The number of hydrogen-bond acceptors (Lipinski definition) is 11. The minimum Gasteiger partial charge on any atom is -0.478 e. The highest BCUT2D eigenvalue weighted by atomic mass is 32.2. The van der Waals surface area contributed by atoms with E-state index < -0.39 is 40.8 Å². The van der Waals surface area contributed by atoms with E-state index in [9.17, 15) is 29.4 Å². The normalized spacial score (nSPS) is 18.4. The maximum atomic E-state index is 13.5. The number of nitrogens with zero attached hydrogens (tertiary/aromatic N) is 5. The summed E-state index contributed by atoms with van der Waals surface area (Å²) in [4.78, 5) is 62.0. The Kier molecular flexibility index (Phi) is 9.37. The molecular weight excluding hydrogens is 637 g/mol. The number of oxime groups is 1. The minimum atomic E-state index is -1.77. The number of thiazole rings is 1. The van der Waals surface area contributed by atoms with Gasteiger partial charge in [0, 0.05) is 41.1 Å². The van der Waals surface area contributed by atoms with Crippen molar-refractivity contribution in [2.45, 2.75) is 57.3 Å². The number of carboxylic acid groups (broad SMARTS) is 2. The summed E-state index contributed by atoms with van der Waals surface area (Å²) in [6.45, 7) is 6.16. The molecule has 17 heteroatoms. The summed E-state index contributed by atoms with van der Waals surface area (Å²) >= 11 is 2.44. The Morgan fingerprint density at radius 2 is 2.04 bits per heavy atom. The van der Waals surface area contributed by atoms with Gasteiger partial charge in [0.05, 0.1) is 0 Å². The van der Waals surface area contributed by atoms with Crippen molar-refractivity contribution in [1.82, 2.24) is 25.1 Å². The van der Waals surface area contributed by atoms with E-state index in [0.717, 1.165) is 41.9 Å². The molecule has 2 unspecified atom stereocenters. The largest absolute Gasteiger partial charge is 0.478 e. The molecule has 0 radical (unpaired) electrons.